The topological polar surface area (TPSA) is 123 Å². The average molecular weight is 463 g/mol. The third-order valence-corrected chi connectivity index (χ3v) is 6.24. The van der Waals surface area contributed by atoms with Crippen molar-refractivity contribution in [2.45, 2.75) is 24.7 Å². The maximum Gasteiger partial charge on any atom is 0.405 e. The first-order valence-corrected chi connectivity index (χ1v) is 10.6. The number of hydrogen-bond acceptors (Lipinski definition) is 7. The molecule has 4 rings (SSSR count). The zero-order valence-corrected chi connectivity index (χ0v) is 18.7. The Morgan fingerprint density at radius 2 is 2.25 bits per heavy atom. The summed E-state index contributed by atoms with van der Waals surface area (Å²) >= 11 is 6.37. The summed E-state index contributed by atoms with van der Waals surface area (Å²) in [7, 11) is 3.22. The summed E-state index contributed by atoms with van der Waals surface area (Å²) in [4.78, 5) is 21.4. The Balaban J connectivity index is 1.46. The largest absolute Gasteiger partial charge is 0.497 e. The van der Waals surface area contributed by atoms with Crippen molar-refractivity contribution in [1.29, 1.82) is 0 Å². The van der Waals surface area contributed by atoms with Crippen molar-refractivity contribution in [2.75, 3.05) is 39.2 Å². The Kier molecular flexibility index (Phi) is 6.45. The van der Waals surface area contributed by atoms with Crippen LogP contribution in [0.2, 0.25) is 5.02 Å². The number of rotatable bonds is 8. The van der Waals surface area contributed by atoms with E-state index in [-0.39, 0.29) is 6.17 Å². The van der Waals surface area contributed by atoms with Crippen molar-refractivity contribution in [1.82, 2.24) is 20.5 Å². The fourth-order valence-corrected chi connectivity index (χ4v) is 4.62. The lowest BCUT2D eigenvalue weighted by Crippen LogP contribution is -2.56. The van der Waals surface area contributed by atoms with Crippen LogP contribution in [-0.2, 0) is 6.54 Å². The van der Waals surface area contributed by atoms with Crippen LogP contribution in [-0.4, -0.2) is 66.8 Å². The standard InChI is InChI=1S/C21H27ClN6O4/c1-31-14-4-3-13(16(7-14)32-2)8-23-10-21(27-20(29)30)5-6-28(11-21)19-17-15(22)9-24-18(17)25-12-26-19/h3-4,7,9,12,19,23-24,27H,5-6,8,10-11H2,1-2H3,(H,25,26)(H,29,30)/t19-,21-/m0/s1. The number of likely N-dealkylation sites (tertiary alicyclic amines) is 1. The van der Waals surface area contributed by atoms with Gasteiger partial charge < -0.3 is 35.5 Å². The first-order valence-electron chi connectivity index (χ1n) is 10.3. The number of ether oxygens (including phenoxy) is 2. The normalized spacial score (nSPS) is 22.3. The zero-order chi connectivity index (χ0) is 22.7. The van der Waals surface area contributed by atoms with Gasteiger partial charge in [-0.3, -0.25) is 9.89 Å². The van der Waals surface area contributed by atoms with Gasteiger partial charge in [0.1, 0.15) is 23.5 Å². The van der Waals surface area contributed by atoms with Gasteiger partial charge in [-0.2, -0.15) is 0 Å². The number of amides is 1. The van der Waals surface area contributed by atoms with Gasteiger partial charge in [-0.15, -0.1) is 0 Å². The summed E-state index contributed by atoms with van der Waals surface area (Å²) in [5.41, 5.74) is 1.17. The molecule has 1 fully saturated rings. The molecular weight excluding hydrogens is 436 g/mol. The maximum absolute atomic E-state index is 11.6. The van der Waals surface area contributed by atoms with Crippen molar-refractivity contribution < 1.29 is 19.4 Å². The lowest BCUT2D eigenvalue weighted by Gasteiger charge is -2.32. The first kappa shape index (κ1) is 22.3. The van der Waals surface area contributed by atoms with Crippen LogP contribution in [0.1, 0.15) is 23.7 Å². The minimum atomic E-state index is -1.05. The van der Waals surface area contributed by atoms with E-state index in [4.69, 9.17) is 21.1 Å². The number of halogens is 1. The van der Waals surface area contributed by atoms with E-state index >= 15 is 0 Å². The molecule has 0 saturated carbocycles. The highest BCUT2D eigenvalue weighted by Crippen LogP contribution is 2.39. The fraction of sp³-hybridized carbons (Fsp3) is 0.429. The van der Waals surface area contributed by atoms with Gasteiger partial charge in [-0.05, 0) is 12.5 Å². The summed E-state index contributed by atoms with van der Waals surface area (Å²) in [5.74, 6) is 2.23. The van der Waals surface area contributed by atoms with Crippen molar-refractivity contribution in [3.63, 3.8) is 0 Å². The van der Waals surface area contributed by atoms with Gasteiger partial charge in [0.2, 0.25) is 0 Å². The van der Waals surface area contributed by atoms with Crippen LogP contribution in [0.15, 0.2) is 29.4 Å². The summed E-state index contributed by atoms with van der Waals surface area (Å²) in [6.07, 6.45) is 2.68. The minimum absolute atomic E-state index is 0.274. The Morgan fingerprint density at radius 1 is 1.41 bits per heavy atom. The molecule has 32 heavy (non-hydrogen) atoms. The summed E-state index contributed by atoms with van der Waals surface area (Å²) in [5, 5.41) is 19.3. The van der Waals surface area contributed by atoms with Gasteiger partial charge in [0.05, 0.1) is 36.7 Å². The van der Waals surface area contributed by atoms with Crippen LogP contribution < -0.4 is 25.4 Å². The van der Waals surface area contributed by atoms with E-state index in [1.165, 1.54) is 0 Å². The number of H-pyrrole nitrogens is 1. The molecule has 0 spiro atoms. The average Bonchev–Trinajstić information content (AvgIpc) is 3.37. The molecule has 2 aliphatic rings. The molecule has 11 heteroatoms. The van der Waals surface area contributed by atoms with Gasteiger partial charge in [0.15, 0.2) is 0 Å². The van der Waals surface area contributed by atoms with Gasteiger partial charge in [0, 0.05) is 44.0 Å². The zero-order valence-electron chi connectivity index (χ0n) is 17.9. The lowest BCUT2D eigenvalue weighted by molar-refractivity contribution is 0.170. The molecule has 0 aliphatic carbocycles. The Bertz CT molecular complexity index is 1010. The Hall–Kier alpha value is -2.95. The van der Waals surface area contributed by atoms with Crippen LogP contribution in [0, 0.1) is 0 Å². The molecule has 1 amide bonds. The molecule has 1 aromatic carbocycles. The summed E-state index contributed by atoms with van der Waals surface area (Å²) < 4.78 is 10.7. The number of anilines is 1. The predicted molar refractivity (Wildman–Crippen MR) is 122 cm³/mol. The van der Waals surface area contributed by atoms with E-state index < -0.39 is 11.6 Å². The van der Waals surface area contributed by atoms with Crippen LogP contribution in [0.3, 0.4) is 0 Å². The van der Waals surface area contributed by atoms with Gasteiger partial charge >= 0.3 is 6.09 Å². The number of benzene rings is 1. The van der Waals surface area contributed by atoms with Crippen LogP contribution in [0.4, 0.5) is 10.6 Å². The third-order valence-electron chi connectivity index (χ3n) is 5.93. The Morgan fingerprint density at radius 3 is 3.00 bits per heavy atom. The monoisotopic (exact) mass is 462 g/mol. The highest BCUT2D eigenvalue weighted by atomic mass is 35.5. The smallest absolute Gasteiger partial charge is 0.405 e. The lowest BCUT2D eigenvalue weighted by atomic mass is 9.98. The van der Waals surface area contributed by atoms with Gasteiger partial charge in [-0.25, -0.2) is 4.79 Å². The minimum Gasteiger partial charge on any atom is -0.497 e. The van der Waals surface area contributed by atoms with Crippen LogP contribution in [0.5, 0.6) is 11.5 Å². The van der Waals surface area contributed by atoms with E-state index in [0.717, 1.165) is 16.9 Å². The third kappa shape index (κ3) is 4.47. The number of hydrogen-bond donors (Lipinski definition) is 5. The number of aromatic nitrogens is 1. The summed E-state index contributed by atoms with van der Waals surface area (Å²) in [6, 6.07) is 5.63. The van der Waals surface area contributed by atoms with Crippen molar-refractivity contribution in [3.05, 3.63) is 40.5 Å². The fourth-order valence-electron chi connectivity index (χ4n) is 4.37. The number of carbonyl (C=O) groups is 1. The maximum atomic E-state index is 11.6. The number of aromatic amines is 1. The molecule has 172 valence electrons. The number of nitrogens with one attached hydrogen (secondary N) is 4. The quantitative estimate of drug-likeness (QED) is 0.408. The predicted octanol–water partition coefficient (Wildman–Crippen LogP) is 2.64. The molecule has 2 aliphatic heterocycles. The molecule has 0 radical (unpaired) electrons. The number of nitrogens with zero attached hydrogens (tertiary/aromatic N) is 2. The molecule has 3 heterocycles. The molecule has 5 N–H and O–H groups in total. The summed E-state index contributed by atoms with van der Waals surface area (Å²) in [6.45, 7) is 2.15. The second-order valence-corrected chi connectivity index (χ2v) is 8.34. The second-order valence-electron chi connectivity index (χ2n) is 7.93. The van der Waals surface area contributed by atoms with E-state index in [2.05, 4.69) is 30.8 Å². The highest BCUT2D eigenvalue weighted by molar-refractivity contribution is 6.32. The van der Waals surface area contributed by atoms with Crippen LogP contribution in [0.25, 0.3) is 0 Å². The second kappa shape index (κ2) is 9.27. The van der Waals surface area contributed by atoms with Crippen LogP contribution >= 0.6 is 11.6 Å². The van der Waals surface area contributed by atoms with Crippen molar-refractivity contribution in [2.24, 2.45) is 4.99 Å². The van der Waals surface area contributed by atoms with Gasteiger partial charge in [0.25, 0.3) is 0 Å². The van der Waals surface area contributed by atoms with E-state index in [0.29, 0.717) is 49.1 Å². The van der Waals surface area contributed by atoms with Crippen molar-refractivity contribution >= 4 is 29.9 Å². The number of fused-ring (bicyclic) bond motifs is 1. The number of aliphatic imine (C=N–C) groups is 1. The Labute approximate surface area is 190 Å². The molecule has 0 bridgehead atoms. The van der Waals surface area contributed by atoms with E-state index in [1.54, 1.807) is 26.8 Å². The molecule has 10 nitrogen and oxygen atoms in total. The van der Waals surface area contributed by atoms with E-state index in [9.17, 15) is 9.90 Å². The molecule has 0 unspecified atom stereocenters. The molecule has 1 aromatic heterocycles. The first-order chi connectivity index (χ1) is 15.4. The van der Waals surface area contributed by atoms with E-state index in [1.807, 2.05) is 18.2 Å². The number of carboxylic acid groups (broad SMARTS) is 1. The van der Waals surface area contributed by atoms with Gasteiger partial charge in [-0.1, -0.05) is 17.7 Å². The molecule has 2 atom stereocenters. The SMILES string of the molecule is COc1ccc(CNC[C@@]2(NC(=O)O)CCN([C@@H]3N=CNc4[nH]cc(Cl)c43)C2)c(OC)c1. The number of methoxy groups -OCH3 is 2. The highest BCUT2D eigenvalue weighted by Gasteiger charge is 2.43. The molecule has 2 aromatic rings. The molecular formula is C21H27ClN6O4. The molecule has 1 saturated heterocycles. The van der Waals surface area contributed by atoms with Crippen molar-refractivity contribution in [3.8, 4) is 11.5 Å².